The number of aryl methyl sites for hydroxylation is 1. The molecule has 1 amide bonds. The lowest BCUT2D eigenvalue weighted by Crippen LogP contribution is -2.25. The number of aromatic nitrogens is 3. The lowest BCUT2D eigenvalue weighted by molar-refractivity contribution is 0.0954. The van der Waals surface area contributed by atoms with Gasteiger partial charge in [-0.15, -0.1) is 0 Å². The van der Waals surface area contributed by atoms with Gasteiger partial charge in [0, 0.05) is 23.6 Å². The maximum absolute atomic E-state index is 11.9. The van der Waals surface area contributed by atoms with Gasteiger partial charge in [-0.25, -0.2) is 9.50 Å². The van der Waals surface area contributed by atoms with E-state index in [-0.39, 0.29) is 5.91 Å². The summed E-state index contributed by atoms with van der Waals surface area (Å²) in [6.07, 6.45) is 2.57. The summed E-state index contributed by atoms with van der Waals surface area (Å²) in [5, 5.41) is 8.78. The van der Waals surface area contributed by atoms with Crippen molar-refractivity contribution in [1.29, 1.82) is 0 Å². The van der Waals surface area contributed by atoms with Gasteiger partial charge in [0.2, 0.25) is 4.96 Å². The zero-order valence-corrected chi connectivity index (χ0v) is 12.9. The highest BCUT2D eigenvalue weighted by Crippen LogP contribution is 2.13. The zero-order chi connectivity index (χ0) is 14.8. The summed E-state index contributed by atoms with van der Waals surface area (Å²) in [5.74, 6) is -0.110. The summed E-state index contributed by atoms with van der Waals surface area (Å²) in [7, 11) is 0. The average molecular weight is 321 g/mol. The summed E-state index contributed by atoms with van der Waals surface area (Å²) < 4.78 is 1.77. The summed E-state index contributed by atoms with van der Waals surface area (Å²) in [4.78, 5) is 17.3. The SMILES string of the molecule is Cc1nn2cc(CCNC(=O)c3ccc(Cl)cc3)nc2s1. The van der Waals surface area contributed by atoms with Crippen molar-refractivity contribution in [3.05, 3.63) is 51.7 Å². The summed E-state index contributed by atoms with van der Waals surface area (Å²) in [6.45, 7) is 2.48. The summed E-state index contributed by atoms with van der Waals surface area (Å²) >= 11 is 7.34. The number of carbonyl (C=O) groups is 1. The molecular formula is C14H13ClN4OS. The zero-order valence-electron chi connectivity index (χ0n) is 11.3. The topological polar surface area (TPSA) is 59.3 Å². The molecule has 0 bridgehead atoms. The van der Waals surface area contributed by atoms with Crippen LogP contribution in [0.1, 0.15) is 21.1 Å². The van der Waals surface area contributed by atoms with E-state index in [0.29, 0.717) is 23.6 Å². The molecule has 0 aliphatic carbocycles. The van der Waals surface area contributed by atoms with Gasteiger partial charge in [0.15, 0.2) is 0 Å². The third kappa shape index (κ3) is 3.22. The van der Waals surface area contributed by atoms with Crippen molar-refractivity contribution in [2.75, 3.05) is 6.54 Å². The van der Waals surface area contributed by atoms with Crippen molar-refractivity contribution >= 4 is 33.8 Å². The normalized spacial score (nSPS) is 11.0. The highest BCUT2D eigenvalue weighted by atomic mass is 35.5. The molecule has 0 radical (unpaired) electrons. The smallest absolute Gasteiger partial charge is 0.251 e. The highest BCUT2D eigenvalue weighted by Gasteiger charge is 2.07. The second-order valence-corrected chi connectivity index (χ2v) is 6.19. The fraction of sp³-hybridized carbons (Fsp3) is 0.214. The number of halogens is 1. The van der Waals surface area contributed by atoms with E-state index >= 15 is 0 Å². The molecule has 7 heteroatoms. The van der Waals surface area contributed by atoms with Crippen LogP contribution in [0, 0.1) is 6.92 Å². The fourth-order valence-corrected chi connectivity index (χ4v) is 2.84. The van der Waals surface area contributed by atoms with Gasteiger partial charge in [0.25, 0.3) is 5.91 Å². The van der Waals surface area contributed by atoms with Crippen molar-refractivity contribution in [1.82, 2.24) is 19.9 Å². The van der Waals surface area contributed by atoms with E-state index in [1.807, 2.05) is 13.1 Å². The van der Waals surface area contributed by atoms with Crippen LogP contribution in [0.3, 0.4) is 0 Å². The second-order valence-electron chi connectivity index (χ2n) is 4.59. The van der Waals surface area contributed by atoms with Gasteiger partial charge in [0.05, 0.1) is 11.9 Å². The molecule has 0 atom stereocenters. The fourth-order valence-electron chi connectivity index (χ4n) is 1.97. The molecule has 3 aromatic rings. The molecule has 3 rings (SSSR count). The minimum Gasteiger partial charge on any atom is -0.352 e. The molecule has 0 saturated heterocycles. The third-order valence-electron chi connectivity index (χ3n) is 2.97. The van der Waals surface area contributed by atoms with E-state index < -0.39 is 0 Å². The second kappa shape index (κ2) is 5.83. The Balaban J connectivity index is 1.56. The number of amides is 1. The average Bonchev–Trinajstić information content (AvgIpc) is 2.96. The van der Waals surface area contributed by atoms with E-state index in [1.54, 1.807) is 40.1 Å². The first-order valence-electron chi connectivity index (χ1n) is 6.47. The Morgan fingerprint density at radius 3 is 2.86 bits per heavy atom. The van der Waals surface area contributed by atoms with Crippen LogP contribution in [0.4, 0.5) is 0 Å². The monoisotopic (exact) mass is 320 g/mol. The lowest BCUT2D eigenvalue weighted by atomic mass is 10.2. The molecule has 0 aliphatic rings. The molecule has 1 aromatic carbocycles. The Bertz CT molecular complexity index is 746. The maximum Gasteiger partial charge on any atom is 0.251 e. The van der Waals surface area contributed by atoms with Gasteiger partial charge in [0.1, 0.15) is 5.01 Å². The Hall–Kier alpha value is -1.92. The molecule has 21 heavy (non-hydrogen) atoms. The van der Waals surface area contributed by atoms with Crippen LogP contribution < -0.4 is 5.32 Å². The highest BCUT2D eigenvalue weighted by molar-refractivity contribution is 7.16. The molecule has 0 saturated carbocycles. The molecule has 2 aromatic heterocycles. The Kier molecular flexibility index (Phi) is 3.90. The number of hydrogen-bond donors (Lipinski definition) is 1. The van der Waals surface area contributed by atoms with Crippen LogP contribution in [-0.2, 0) is 6.42 Å². The van der Waals surface area contributed by atoms with Gasteiger partial charge in [-0.05, 0) is 31.2 Å². The molecule has 2 heterocycles. The Morgan fingerprint density at radius 1 is 1.38 bits per heavy atom. The van der Waals surface area contributed by atoms with Crippen molar-refractivity contribution in [3.63, 3.8) is 0 Å². The number of benzene rings is 1. The van der Waals surface area contributed by atoms with E-state index in [1.165, 1.54) is 0 Å². The predicted octanol–water partition coefficient (Wildman–Crippen LogP) is 2.73. The molecule has 0 spiro atoms. The maximum atomic E-state index is 11.9. The molecule has 0 aliphatic heterocycles. The van der Waals surface area contributed by atoms with Crippen molar-refractivity contribution < 1.29 is 4.79 Å². The number of imidazole rings is 1. The lowest BCUT2D eigenvalue weighted by Gasteiger charge is -2.03. The number of nitrogens with zero attached hydrogens (tertiary/aromatic N) is 3. The van der Waals surface area contributed by atoms with Crippen LogP contribution in [0.2, 0.25) is 5.02 Å². The van der Waals surface area contributed by atoms with E-state index in [2.05, 4.69) is 15.4 Å². The van der Waals surface area contributed by atoms with E-state index in [0.717, 1.165) is 15.7 Å². The van der Waals surface area contributed by atoms with Gasteiger partial charge >= 0.3 is 0 Å². The number of nitrogens with one attached hydrogen (secondary N) is 1. The van der Waals surface area contributed by atoms with Gasteiger partial charge < -0.3 is 5.32 Å². The largest absolute Gasteiger partial charge is 0.352 e. The standard InChI is InChI=1S/C14H13ClN4OS/c1-9-18-19-8-12(17-14(19)21-9)6-7-16-13(20)10-2-4-11(15)5-3-10/h2-5,8H,6-7H2,1H3,(H,16,20). The third-order valence-corrected chi connectivity index (χ3v) is 4.06. The molecular weight excluding hydrogens is 308 g/mol. The first kappa shape index (κ1) is 14.0. The number of fused-ring (bicyclic) bond motifs is 1. The molecule has 1 N–H and O–H groups in total. The summed E-state index contributed by atoms with van der Waals surface area (Å²) in [5.41, 5.74) is 1.52. The molecule has 0 unspecified atom stereocenters. The van der Waals surface area contributed by atoms with Crippen LogP contribution >= 0.6 is 22.9 Å². The molecule has 0 fully saturated rings. The van der Waals surface area contributed by atoms with E-state index in [4.69, 9.17) is 11.6 Å². The number of carbonyl (C=O) groups excluding carboxylic acids is 1. The van der Waals surface area contributed by atoms with Crippen molar-refractivity contribution in [2.45, 2.75) is 13.3 Å². The minimum absolute atomic E-state index is 0.110. The first-order chi connectivity index (χ1) is 10.1. The Labute approximate surface area is 130 Å². The summed E-state index contributed by atoms with van der Waals surface area (Å²) in [6, 6.07) is 6.82. The Morgan fingerprint density at radius 2 is 2.14 bits per heavy atom. The first-order valence-corrected chi connectivity index (χ1v) is 7.67. The quantitative estimate of drug-likeness (QED) is 0.804. The van der Waals surface area contributed by atoms with Crippen LogP contribution in [-0.4, -0.2) is 27.0 Å². The predicted molar refractivity (Wildman–Crippen MR) is 83.1 cm³/mol. The number of rotatable bonds is 4. The van der Waals surface area contributed by atoms with Crippen LogP contribution in [0.25, 0.3) is 4.96 Å². The minimum atomic E-state index is -0.110. The van der Waals surface area contributed by atoms with Crippen LogP contribution in [0.5, 0.6) is 0 Å². The number of hydrogen-bond acceptors (Lipinski definition) is 4. The van der Waals surface area contributed by atoms with E-state index in [9.17, 15) is 4.79 Å². The molecule has 5 nitrogen and oxygen atoms in total. The van der Waals surface area contributed by atoms with Gasteiger partial charge in [-0.3, -0.25) is 4.79 Å². The van der Waals surface area contributed by atoms with Gasteiger partial charge in [-0.2, -0.15) is 5.10 Å². The van der Waals surface area contributed by atoms with Gasteiger partial charge in [-0.1, -0.05) is 22.9 Å². The van der Waals surface area contributed by atoms with Crippen LogP contribution in [0.15, 0.2) is 30.5 Å². The van der Waals surface area contributed by atoms with Crippen molar-refractivity contribution in [2.24, 2.45) is 0 Å². The van der Waals surface area contributed by atoms with Crippen molar-refractivity contribution in [3.8, 4) is 0 Å². The molecule has 108 valence electrons.